The highest BCUT2D eigenvalue weighted by Crippen LogP contribution is 2.22. The Bertz CT molecular complexity index is 515. The lowest BCUT2D eigenvalue weighted by atomic mass is 10.1. The molecule has 1 aromatic carbocycles. The zero-order valence-corrected chi connectivity index (χ0v) is 14.8. The van der Waals surface area contributed by atoms with Crippen molar-refractivity contribution in [3.8, 4) is 0 Å². The van der Waals surface area contributed by atoms with E-state index in [0.717, 1.165) is 24.1 Å². The first kappa shape index (κ1) is 19.0. The van der Waals surface area contributed by atoms with Crippen LogP contribution in [-0.2, 0) is 4.79 Å². The van der Waals surface area contributed by atoms with Crippen LogP contribution >= 0.6 is 23.2 Å². The lowest BCUT2D eigenvalue weighted by Gasteiger charge is -2.07. The number of benzene rings is 1. The smallest absolute Gasteiger partial charge is 0.240 e. The van der Waals surface area contributed by atoms with E-state index in [-0.39, 0.29) is 5.91 Å². The summed E-state index contributed by atoms with van der Waals surface area (Å²) in [6.45, 7) is 4.15. The number of nitrogens with zero attached hydrogens (tertiary/aromatic N) is 1. The topological polar surface area (TPSA) is 41.5 Å². The van der Waals surface area contributed by atoms with E-state index in [2.05, 4.69) is 17.5 Å². The predicted octanol–water partition coefficient (Wildman–Crippen LogP) is 5.58. The van der Waals surface area contributed by atoms with Crippen LogP contribution in [0, 0.1) is 0 Å². The van der Waals surface area contributed by atoms with Crippen LogP contribution in [0.25, 0.3) is 0 Å². The second-order valence-corrected chi connectivity index (χ2v) is 6.08. The number of unbranched alkanes of at least 4 members (excludes halogenated alkanes) is 4. The second-order valence-electron chi connectivity index (χ2n) is 5.24. The van der Waals surface area contributed by atoms with Gasteiger partial charge in [0.15, 0.2) is 0 Å². The van der Waals surface area contributed by atoms with Crippen molar-refractivity contribution in [3.63, 3.8) is 0 Å². The van der Waals surface area contributed by atoms with Crippen LogP contribution in [0.5, 0.6) is 0 Å². The first-order valence-corrected chi connectivity index (χ1v) is 8.64. The van der Waals surface area contributed by atoms with Crippen molar-refractivity contribution in [2.75, 3.05) is 0 Å². The zero-order valence-electron chi connectivity index (χ0n) is 13.3. The molecule has 1 N–H and O–H groups in total. The van der Waals surface area contributed by atoms with Gasteiger partial charge in [-0.25, -0.2) is 5.43 Å². The molecule has 1 amide bonds. The average Bonchev–Trinajstić information content (AvgIpc) is 2.49. The summed E-state index contributed by atoms with van der Waals surface area (Å²) in [6, 6.07) is 5.27. The first-order chi connectivity index (χ1) is 10.6. The van der Waals surface area contributed by atoms with Crippen LogP contribution in [0.3, 0.4) is 0 Å². The Morgan fingerprint density at radius 1 is 1.14 bits per heavy atom. The summed E-state index contributed by atoms with van der Waals surface area (Å²) in [4.78, 5) is 11.8. The molecule has 122 valence electrons. The molecule has 0 spiro atoms. The molecule has 0 bridgehead atoms. The number of carbonyl (C=O) groups excluding carboxylic acids is 1. The highest BCUT2D eigenvalue weighted by molar-refractivity contribution is 6.37. The fourth-order valence-corrected chi connectivity index (χ4v) is 2.65. The number of amides is 1. The number of rotatable bonds is 9. The van der Waals surface area contributed by atoms with Gasteiger partial charge in [-0.3, -0.25) is 4.79 Å². The average molecular weight is 343 g/mol. The Labute approximate surface area is 143 Å². The van der Waals surface area contributed by atoms with E-state index in [4.69, 9.17) is 23.2 Å². The predicted molar refractivity (Wildman–Crippen MR) is 94.8 cm³/mol. The second kappa shape index (κ2) is 10.6. The normalized spacial score (nSPS) is 11.5. The van der Waals surface area contributed by atoms with Crippen molar-refractivity contribution >= 4 is 34.8 Å². The van der Waals surface area contributed by atoms with Gasteiger partial charge in [0, 0.05) is 17.0 Å². The minimum atomic E-state index is -0.0486. The van der Waals surface area contributed by atoms with Crippen LogP contribution in [0.4, 0.5) is 0 Å². The monoisotopic (exact) mass is 342 g/mol. The van der Waals surface area contributed by atoms with E-state index in [9.17, 15) is 4.79 Å². The van der Waals surface area contributed by atoms with Crippen molar-refractivity contribution < 1.29 is 4.79 Å². The molecular weight excluding hydrogens is 319 g/mol. The molecule has 0 heterocycles. The van der Waals surface area contributed by atoms with Crippen molar-refractivity contribution in [3.05, 3.63) is 33.8 Å². The van der Waals surface area contributed by atoms with E-state index in [0.29, 0.717) is 22.9 Å². The molecule has 0 fully saturated rings. The van der Waals surface area contributed by atoms with Gasteiger partial charge >= 0.3 is 0 Å². The molecule has 22 heavy (non-hydrogen) atoms. The van der Waals surface area contributed by atoms with Gasteiger partial charge in [-0.1, -0.05) is 68.8 Å². The minimum Gasteiger partial charge on any atom is -0.273 e. The number of hydrogen-bond acceptors (Lipinski definition) is 2. The van der Waals surface area contributed by atoms with Crippen LogP contribution in [-0.4, -0.2) is 11.6 Å². The molecule has 0 unspecified atom stereocenters. The van der Waals surface area contributed by atoms with Gasteiger partial charge in [-0.15, -0.1) is 0 Å². The quantitative estimate of drug-likeness (QED) is 0.355. The van der Waals surface area contributed by atoms with Crippen molar-refractivity contribution in [2.24, 2.45) is 5.10 Å². The fourth-order valence-electron chi connectivity index (χ4n) is 2.13. The largest absolute Gasteiger partial charge is 0.273 e. The third kappa shape index (κ3) is 6.80. The van der Waals surface area contributed by atoms with Crippen molar-refractivity contribution in [1.29, 1.82) is 0 Å². The Kier molecular flexibility index (Phi) is 9.17. The molecule has 0 atom stereocenters. The number of nitrogens with one attached hydrogen (secondary N) is 1. The lowest BCUT2D eigenvalue weighted by molar-refractivity contribution is -0.121. The van der Waals surface area contributed by atoms with Gasteiger partial charge in [0.2, 0.25) is 5.91 Å². The van der Waals surface area contributed by atoms with E-state index in [1.54, 1.807) is 12.1 Å². The molecule has 0 aliphatic carbocycles. The lowest BCUT2D eigenvalue weighted by Crippen LogP contribution is -2.19. The number of hydrogen-bond donors (Lipinski definition) is 1. The summed E-state index contributed by atoms with van der Waals surface area (Å²) in [7, 11) is 0. The zero-order chi connectivity index (χ0) is 16.4. The maximum Gasteiger partial charge on any atom is 0.240 e. The third-order valence-corrected chi connectivity index (χ3v) is 3.95. The molecule has 0 radical (unpaired) electrons. The summed E-state index contributed by atoms with van der Waals surface area (Å²) in [5, 5.41) is 5.33. The Hall–Kier alpha value is -1.06. The van der Waals surface area contributed by atoms with E-state index in [1.807, 2.05) is 13.0 Å². The highest BCUT2D eigenvalue weighted by Gasteiger charge is 2.08. The van der Waals surface area contributed by atoms with Crippen LogP contribution in [0.15, 0.2) is 23.3 Å². The van der Waals surface area contributed by atoms with Gasteiger partial charge < -0.3 is 0 Å². The number of carbonyl (C=O) groups is 1. The SMILES string of the molecule is CCCCCCCC(=O)NN=C(CC)c1ccc(Cl)cc1Cl. The molecule has 0 saturated heterocycles. The Morgan fingerprint density at radius 2 is 1.86 bits per heavy atom. The standard InChI is InChI=1S/C17H24Cl2N2O/c1-3-5-6-7-8-9-17(22)21-20-16(4-2)14-11-10-13(18)12-15(14)19/h10-12H,3-9H2,1-2H3,(H,21,22). The summed E-state index contributed by atoms with van der Waals surface area (Å²) in [5.41, 5.74) is 4.18. The van der Waals surface area contributed by atoms with E-state index >= 15 is 0 Å². The molecule has 3 nitrogen and oxygen atoms in total. The molecule has 0 saturated carbocycles. The number of hydrazone groups is 1. The van der Waals surface area contributed by atoms with E-state index in [1.165, 1.54) is 19.3 Å². The van der Waals surface area contributed by atoms with E-state index < -0.39 is 0 Å². The van der Waals surface area contributed by atoms with Crippen LogP contribution in [0.1, 0.15) is 64.4 Å². The number of halogens is 2. The molecule has 1 rings (SSSR count). The highest BCUT2D eigenvalue weighted by atomic mass is 35.5. The molecule has 1 aromatic rings. The minimum absolute atomic E-state index is 0.0486. The van der Waals surface area contributed by atoms with Crippen LogP contribution < -0.4 is 5.43 Å². The maximum absolute atomic E-state index is 11.8. The maximum atomic E-state index is 11.8. The fraction of sp³-hybridized carbons (Fsp3) is 0.529. The molecule has 0 aliphatic heterocycles. The Balaban J connectivity index is 2.52. The summed E-state index contributed by atoms with van der Waals surface area (Å²) in [6.07, 6.45) is 6.82. The molecule has 0 aliphatic rings. The van der Waals surface area contributed by atoms with Crippen molar-refractivity contribution in [1.82, 2.24) is 5.43 Å². The van der Waals surface area contributed by atoms with Crippen molar-refractivity contribution in [2.45, 2.75) is 58.8 Å². The summed E-state index contributed by atoms with van der Waals surface area (Å²) >= 11 is 12.1. The van der Waals surface area contributed by atoms with Gasteiger partial charge in [0.25, 0.3) is 0 Å². The van der Waals surface area contributed by atoms with Gasteiger partial charge in [0.1, 0.15) is 0 Å². The van der Waals surface area contributed by atoms with Gasteiger partial charge in [0.05, 0.1) is 10.7 Å². The molecule has 0 aromatic heterocycles. The van der Waals surface area contributed by atoms with Gasteiger partial charge in [-0.05, 0) is 25.0 Å². The first-order valence-electron chi connectivity index (χ1n) is 7.89. The summed E-state index contributed by atoms with van der Waals surface area (Å²) < 4.78 is 0. The molecular formula is C17H24Cl2N2O. The third-order valence-electron chi connectivity index (χ3n) is 3.40. The summed E-state index contributed by atoms with van der Waals surface area (Å²) in [5.74, 6) is -0.0486. The molecule has 5 heteroatoms. The Morgan fingerprint density at radius 3 is 2.50 bits per heavy atom. The van der Waals surface area contributed by atoms with Crippen LogP contribution in [0.2, 0.25) is 10.0 Å². The van der Waals surface area contributed by atoms with Gasteiger partial charge in [-0.2, -0.15) is 5.10 Å².